The van der Waals surface area contributed by atoms with Gasteiger partial charge >= 0.3 is 16.9 Å². The zero-order valence-electron chi connectivity index (χ0n) is 17.3. The quantitative estimate of drug-likeness (QED) is 0.384. The fourth-order valence-corrected chi connectivity index (χ4v) is 3.18. The van der Waals surface area contributed by atoms with E-state index in [9.17, 15) is 19.7 Å². The Balaban J connectivity index is 2.09. The number of nitro groups is 1. The molecule has 0 radical (unpaired) electrons. The molecule has 10 heteroatoms. The topological polar surface area (TPSA) is 114 Å². The lowest BCUT2D eigenvalue weighted by Gasteiger charge is -2.13. The van der Waals surface area contributed by atoms with Crippen molar-refractivity contribution in [3.8, 4) is 5.69 Å². The molecule has 0 aliphatic carbocycles. The molecule has 3 aromatic rings. The highest BCUT2D eigenvalue weighted by Gasteiger charge is 2.26. The van der Waals surface area contributed by atoms with Gasteiger partial charge in [0.05, 0.1) is 30.0 Å². The molecule has 0 N–H and O–H groups in total. The van der Waals surface area contributed by atoms with Gasteiger partial charge in [-0.25, -0.2) is 9.48 Å². The SMILES string of the molecule is CCCn1c(/C=C/c2cnn(-c3ccccc3)c2)c([N+](=O)[O-])c(=O)n(CCOC)c1=O. The summed E-state index contributed by atoms with van der Waals surface area (Å²) < 4.78 is 8.70. The lowest BCUT2D eigenvalue weighted by molar-refractivity contribution is -0.387. The third-order valence-electron chi connectivity index (χ3n) is 4.65. The first-order valence-electron chi connectivity index (χ1n) is 9.77. The Morgan fingerprint density at radius 1 is 1.13 bits per heavy atom. The van der Waals surface area contributed by atoms with Crippen molar-refractivity contribution >= 4 is 17.8 Å². The van der Waals surface area contributed by atoms with E-state index >= 15 is 0 Å². The second-order valence-corrected chi connectivity index (χ2v) is 6.76. The van der Waals surface area contributed by atoms with Crippen LogP contribution in [0.25, 0.3) is 17.8 Å². The van der Waals surface area contributed by atoms with Crippen LogP contribution in [-0.2, 0) is 17.8 Å². The van der Waals surface area contributed by atoms with Crippen LogP contribution in [0.15, 0.2) is 52.3 Å². The third kappa shape index (κ3) is 4.69. The minimum atomic E-state index is -0.945. The Kier molecular flexibility index (Phi) is 6.93. The monoisotopic (exact) mass is 425 g/mol. The average molecular weight is 425 g/mol. The standard InChI is InChI=1S/C21H23N5O5/c1-3-11-23-18(19(26(29)30)20(27)24(21(23)28)12-13-31-2)10-9-16-14-22-25(15-16)17-7-5-4-6-8-17/h4-10,14-15H,3,11-13H2,1-2H3/b10-9+. The van der Waals surface area contributed by atoms with Crippen molar-refractivity contribution in [2.24, 2.45) is 0 Å². The smallest absolute Gasteiger partial charge is 0.357 e. The maximum atomic E-state index is 12.9. The molecule has 31 heavy (non-hydrogen) atoms. The normalized spacial score (nSPS) is 11.3. The van der Waals surface area contributed by atoms with Crippen LogP contribution in [0.1, 0.15) is 24.6 Å². The minimum Gasteiger partial charge on any atom is -0.383 e. The summed E-state index contributed by atoms with van der Waals surface area (Å²) in [6.45, 7) is 2.11. The van der Waals surface area contributed by atoms with E-state index in [1.54, 1.807) is 23.2 Å². The molecule has 0 unspecified atom stereocenters. The summed E-state index contributed by atoms with van der Waals surface area (Å²) in [5.74, 6) is 0. The first-order valence-corrected chi connectivity index (χ1v) is 9.77. The van der Waals surface area contributed by atoms with Crippen molar-refractivity contribution in [1.29, 1.82) is 0 Å². The molecule has 0 amide bonds. The molecule has 0 aliphatic heterocycles. The van der Waals surface area contributed by atoms with Crippen LogP contribution in [0, 0.1) is 10.1 Å². The van der Waals surface area contributed by atoms with Crippen LogP contribution in [0.5, 0.6) is 0 Å². The molecule has 1 aromatic carbocycles. The summed E-state index contributed by atoms with van der Waals surface area (Å²) in [5.41, 5.74) is -0.707. The van der Waals surface area contributed by atoms with Gasteiger partial charge in [0.2, 0.25) is 0 Å². The van der Waals surface area contributed by atoms with Gasteiger partial charge in [0.15, 0.2) is 0 Å². The highest BCUT2D eigenvalue weighted by molar-refractivity contribution is 5.71. The van der Waals surface area contributed by atoms with Crippen molar-refractivity contribution in [2.45, 2.75) is 26.4 Å². The molecule has 0 saturated carbocycles. The molecule has 0 spiro atoms. The van der Waals surface area contributed by atoms with E-state index in [-0.39, 0.29) is 25.4 Å². The van der Waals surface area contributed by atoms with Gasteiger partial charge in [-0.1, -0.05) is 25.1 Å². The Labute approximate surface area is 177 Å². The number of hydrogen-bond donors (Lipinski definition) is 0. The summed E-state index contributed by atoms with van der Waals surface area (Å²) >= 11 is 0. The summed E-state index contributed by atoms with van der Waals surface area (Å²) in [6.07, 6.45) is 6.92. The van der Waals surface area contributed by atoms with Crippen molar-refractivity contribution < 1.29 is 9.66 Å². The van der Waals surface area contributed by atoms with Crippen LogP contribution in [0.4, 0.5) is 5.69 Å². The van der Waals surface area contributed by atoms with Gasteiger partial charge < -0.3 is 4.74 Å². The molecule has 10 nitrogen and oxygen atoms in total. The van der Waals surface area contributed by atoms with E-state index in [4.69, 9.17) is 4.74 Å². The lowest BCUT2D eigenvalue weighted by atomic mass is 10.2. The molecule has 162 valence electrons. The average Bonchev–Trinajstić information content (AvgIpc) is 3.24. The maximum absolute atomic E-state index is 12.9. The van der Waals surface area contributed by atoms with Crippen LogP contribution < -0.4 is 11.2 Å². The number of rotatable bonds is 9. The van der Waals surface area contributed by atoms with Gasteiger partial charge in [-0.05, 0) is 30.7 Å². The number of nitrogens with zero attached hydrogens (tertiary/aromatic N) is 5. The number of aromatic nitrogens is 4. The highest BCUT2D eigenvalue weighted by atomic mass is 16.6. The van der Waals surface area contributed by atoms with Crippen molar-refractivity contribution in [3.05, 3.63) is 84.9 Å². The Morgan fingerprint density at radius 3 is 2.52 bits per heavy atom. The van der Waals surface area contributed by atoms with Crippen molar-refractivity contribution in [3.63, 3.8) is 0 Å². The summed E-state index contributed by atoms with van der Waals surface area (Å²) in [6, 6.07) is 9.46. The second-order valence-electron chi connectivity index (χ2n) is 6.76. The van der Waals surface area contributed by atoms with Gasteiger partial charge in [0, 0.05) is 25.4 Å². The van der Waals surface area contributed by atoms with Gasteiger partial charge in [-0.2, -0.15) is 5.10 Å². The number of benzene rings is 1. The van der Waals surface area contributed by atoms with Crippen molar-refractivity contribution in [1.82, 2.24) is 18.9 Å². The molecule has 3 rings (SSSR count). The molecule has 0 atom stereocenters. The van der Waals surface area contributed by atoms with Crippen LogP contribution in [0.3, 0.4) is 0 Å². The van der Waals surface area contributed by atoms with Crippen molar-refractivity contribution in [2.75, 3.05) is 13.7 Å². The van der Waals surface area contributed by atoms with E-state index in [1.807, 2.05) is 37.3 Å². The van der Waals surface area contributed by atoms with Crippen LogP contribution in [-0.4, -0.2) is 37.6 Å². The highest BCUT2D eigenvalue weighted by Crippen LogP contribution is 2.17. The van der Waals surface area contributed by atoms with Gasteiger partial charge in [0.25, 0.3) is 0 Å². The Morgan fingerprint density at radius 2 is 1.87 bits per heavy atom. The molecule has 0 bridgehead atoms. The van der Waals surface area contributed by atoms with Gasteiger partial charge in [-0.3, -0.25) is 24.0 Å². The molecule has 0 fully saturated rings. The molecule has 0 aliphatic rings. The molecular formula is C21H23N5O5. The second kappa shape index (κ2) is 9.81. The van der Waals surface area contributed by atoms with E-state index in [0.29, 0.717) is 12.0 Å². The summed E-state index contributed by atoms with van der Waals surface area (Å²) in [5, 5.41) is 16.0. The first kappa shape index (κ1) is 21.9. The molecule has 0 saturated heterocycles. The zero-order valence-corrected chi connectivity index (χ0v) is 17.3. The number of methoxy groups -OCH3 is 1. The summed E-state index contributed by atoms with van der Waals surface area (Å²) in [7, 11) is 1.43. The predicted molar refractivity (Wildman–Crippen MR) is 116 cm³/mol. The maximum Gasteiger partial charge on any atom is 0.357 e. The number of ether oxygens (including phenoxy) is 1. The molecule has 2 heterocycles. The fraction of sp³-hybridized carbons (Fsp3) is 0.286. The number of para-hydroxylation sites is 1. The summed E-state index contributed by atoms with van der Waals surface area (Å²) in [4.78, 5) is 36.6. The van der Waals surface area contributed by atoms with Crippen LogP contribution in [0.2, 0.25) is 0 Å². The van der Waals surface area contributed by atoms with E-state index in [2.05, 4.69) is 5.10 Å². The molecular weight excluding hydrogens is 402 g/mol. The van der Waals surface area contributed by atoms with E-state index in [0.717, 1.165) is 10.3 Å². The Hall–Kier alpha value is -3.79. The molecule has 2 aromatic heterocycles. The predicted octanol–water partition coefficient (Wildman–Crippen LogP) is 2.33. The Bertz CT molecular complexity index is 1210. The largest absolute Gasteiger partial charge is 0.383 e. The lowest BCUT2D eigenvalue weighted by Crippen LogP contribution is -2.43. The third-order valence-corrected chi connectivity index (χ3v) is 4.65. The minimum absolute atomic E-state index is 0.0389. The first-order chi connectivity index (χ1) is 15.0. The van der Waals surface area contributed by atoms with E-state index in [1.165, 1.54) is 17.8 Å². The van der Waals surface area contributed by atoms with E-state index < -0.39 is 21.9 Å². The number of hydrogen-bond acceptors (Lipinski definition) is 6. The zero-order chi connectivity index (χ0) is 22.4. The fourth-order valence-electron chi connectivity index (χ4n) is 3.18. The van der Waals surface area contributed by atoms with Crippen LogP contribution >= 0.6 is 0 Å². The van der Waals surface area contributed by atoms with Gasteiger partial charge in [0.1, 0.15) is 5.69 Å². The van der Waals surface area contributed by atoms with Gasteiger partial charge in [-0.15, -0.1) is 0 Å².